The van der Waals surface area contributed by atoms with Gasteiger partial charge in [-0.05, 0) is 25.0 Å². The molecule has 5 heteroatoms. The van der Waals surface area contributed by atoms with Crippen LogP contribution >= 0.6 is 0 Å². The molecule has 0 unspecified atom stereocenters. The molecule has 1 aromatic rings. The number of hydrogen-bond donors (Lipinski definition) is 0. The molecule has 0 fully saturated rings. The first-order valence-corrected chi connectivity index (χ1v) is 5.49. The normalized spacial score (nSPS) is 22.8. The van der Waals surface area contributed by atoms with E-state index in [0.29, 0.717) is 6.42 Å². The molecule has 1 aliphatic rings. The minimum absolute atomic E-state index is 0.00417. The molecular formula is C12H14N2O3. The summed E-state index contributed by atoms with van der Waals surface area (Å²) in [6, 6.07) is 4.59. The van der Waals surface area contributed by atoms with Crippen LogP contribution in [0.1, 0.15) is 25.8 Å². The summed E-state index contributed by atoms with van der Waals surface area (Å²) in [4.78, 5) is 24.1. The zero-order valence-electron chi connectivity index (χ0n) is 10.1. The summed E-state index contributed by atoms with van der Waals surface area (Å²) in [6.45, 7) is 3.75. The summed E-state index contributed by atoms with van der Waals surface area (Å²) in [5.41, 5.74) is 0.911. The van der Waals surface area contributed by atoms with Crippen molar-refractivity contribution >= 4 is 17.3 Å². The Balaban J connectivity index is 2.65. The lowest BCUT2D eigenvalue weighted by Crippen LogP contribution is -2.35. The van der Waals surface area contributed by atoms with Crippen molar-refractivity contribution in [2.75, 3.05) is 11.9 Å². The van der Waals surface area contributed by atoms with Gasteiger partial charge in [-0.3, -0.25) is 14.9 Å². The molecular weight excluding hydrogens is 220 g/mol. The van der Waals surface area contributed by atoms with E-state index in [1.165, 1.54) is 12.1 Å². The Kier molecular flexibility index (Phi) is 2.41. The summed E-state index contributed by atoms with van der Waals surface area (Å²) in [7, 11) is 1.70. The molecule has 0 N–H and O–H groups in total. The van der Waals surface area contributed by atoms with Gasteiger partial charge in [0, 0.05) is 24.9 Å². The lowest BCUT2D eigenvalue weighted by atomic mass is 9.81. The zero-order valence-corrected chi connectivity index (χ0v) is 10.1. The third-order valence-corrected chi connectivity index (χ3v) is 3.63. The van der Waals surface area contributed by atoms with E-state index in [1.54, 1.807) is 18.0 Å². The van der Waals surface area contributed by atoms with Crippen molar-refractivity contribution in [2.24, 2.45) is 0 Å². The van der Waals surface area contributed by atoms with Gasteiger partial charge in [0.2, 0.25) is 5.91 Å². The summed E-state index contributed by atoms with van der Waals surface area (Å²) < 4.78 is 0. The van der Waals surface area contributed by atoms with E-state index in [0.717, 1.165) is 11.3 Å². The lowest BCUT2D eigenvalue weighted by Gasteiger charge is -2.20. The molecule has 0 bridgehead atoms. The molecule has 0 saturated heterocycles. The van der Waals surface area contributed by atoms with Crippen LogP contribution in [0.2, 0.25) is 0 Å². The number of nitro benzene ring substituents is 1. The van der Waals surface area contributed by atoms with Crippen molar-refractivity contribution in [2.45, 2.75) is 25.7 Å². The topological polar surface area (TPSA) is 63.5 Å². The Labute approximate surface area is 99.2 Å². The number of benzene rings is 1. The van der Waals surface area contributed by atoms with Gasteiger partial charge in [-0.2, -0.15) is 0 Å². The summed E-state index contributed by atoms with van der Waals surface area (Å²) >= 11 is 0. The molecule has 0 spiro atoms. The molecule has 0 aromatic heterocycles. The quantitative estimate of drug-likeness (QED) is 0.582. The summed E-state index contributed by atoms with van der Waals surface area (Å²) in [5, 5.41) is 10.8. The van der Waals surface area contributed by atoms with Crippen LogP contribution in [0.4, 0.5) is 11.4 Å². The highest BCUT2D eigenvalue weighted by Crippen LogP contribution is 2.44. The van der Waals surface area contributed by atoms with Gasteiger partial charge in [0.1, 0.15) is 0 Å². The second kappa shape index (κ2) is 3.55. The largest absolute Gasteiger partial charge is 0.314 e. The fourth-order valence-electron chi connectivity index (χ4n) is 2.31. The monoisotopic (exact) mass is 234 g/mol. The predicted octanol–water partition coefficient (Wildman–Crippen LogP) is 2.24. The number of carbonyl (C=O) groups excluding carboxylic acids is 1. The maximum atomic E-state index is 12.2. The first-order valence-electron chi connectivity index (χ1n) is 5.49. The van der Waals surface area contributed by atoms with Gasteiger partial charge in [-0.1, -0.05) is 6.92 Å². The summed E-state index contributed by atoms with van der Waals surface area (Å²) in [6.07, 6.45) is 0.629. The van der Waals surface area contributed by atoms with Crippen molar-refractivity contribution in [3.8, 4) is 0 Å². The third kappa shape index (κ3) is 1.42. The van der Waals surface area contributed by atoms with Crippen LogP contribution in [0, 0.1) is 10.1 Å². The minimum Gasteiger partial charge on any atom is -0.314 e. The second-order valence-electron chi connectivity index (χ2n) is 4.51. The Morgan fingerprint density at radius 2 is 2.12 bits per heavy atom. The number of nitro groups is 1. The van der Waals surface area contributed by atoms with Crippen LogP contribution in [0.15, 0.2) is 18.2 Å². The molecule has 0 aliphatic carbocycles. The number of anilines is 1. The number of carbonyl (C=O) groups is 1. The Morgan fingerprint density at radius 1 is 1.47 bits per heavy atom. The van der Waals surface area contributed by atoms with E-state index >= 15 is 0 Å². The van der Waals surface area contributed by atoms with Gasteiger partial charge in [0.25, 0.3) is 5.69 Å². The second-order valence-corrected chi connectivity index (χ2v) is 4.51. The zero-order chi connectivity index (χ0) is 12.8. The van der Waals surface area contributed by atoms with Crippen LogP contribution in [-0.2, 0) is 10.2 Å². The SMILES string of the molecule is CC[C@]1(C)C(=O)N(C)c2ccc([N+](=O)[O-])cc21. The highest BCUT2D eigenvalue weighted by molar-refractivity contribution is 6.07. The Bertz CT molecular complexity index is 512. The first-order chi connectivity index (χ1) is 7.91. The molecule has 1 aromatic carbocycles. The van der Waals surface area contributed by atoms with Crippen LogP contribution in [0.3, 0.4) is 0 Å². The predicted molar refractivity (Wildman–Crippen MR) is 64.1 cm³/mol. The van der Waals surface area contributed by atoms with Gasteiger partial charge in [0.15, 0.2) is 0 Å². The molecule has 1 atom stereocenters. The number of amides is 1. The molecule has 1 amide bonds. The fourth-order valence-corrected chi connectivity index (χ4v) is 2.31. The fraction of sp³-hybridized carbons (Fsp3) is 0.417. The van der Waals surface area contributed by atoms with Gasteiger partial charge >= 0.3 is 0 Å². The third-order valence-electron chi connectivity index (χ3n) is 3.63. The van der Waals surface area contributed by atoms with Gasteiger partial charge < -0.3 is 4.90 Å². The molecule has 17 heavy (non-hydrogen) atoms. The molecule has 1 aliphatic heterocycles. The van der Waals surface area contributed by atoms with Crippen molar-refractivity contribution in [3.05, 3.63) is 33.9 Å². The van der Waals surface area contributed by atoms with E-state index in [1.807, 2.05) is 13.8 Å². The highest BCUT2D eigenvalue weighted by atomic mass is 16.6. The Hall–Kier alpha value is -1.91. The number of likely N-dealkylation sites (N-methyl/N-ethyl adjacent to an activating group) is 1. The number of rotatable bonds is 2. The number of non-ortho nitro benzene ring substituents is 1. The first kappa shape index (κ1) is 11.6. The van der Waals surface area contributed by atoms with Crippen LogP contribution in [0.5, 0.6) is 0 Å². The standard InChI is InChI=1S/C12H14N2O3/c1-4-12(2)9-7-8(14(16)17)5-6-10(9)13(3)11(12)15/h5-7H,4H2,1-3H3/t12-/m0/s1. The lowest BCUT2D eigenvalue weighted by molar-refractivity contribution is -0.384. The van der Waals surface area contributed by atoms with Crippen molar-refractivity contribution in [1.82, 2.24) is 0 Å². The minimum atomic E-state index is -0.643. The van der Waals surface area contributed by atoms with Gasteiger partial charge in [-0.25, -0.2) is 0 Å². The average molecular weight is 234 g/mol. The number of fused-ring (bicyclic) bond motifs is 1. The van der Waals surface area contributed by atoms with E-state index < -0.39 is 10.3 Å². The maximum Gasteiger partial charge on any atom is 0.269 e. The molecule has 2 rings (SSSR count). The van der Waals surface area contributed by atoms with Crippen LogP contribution < -0.4 is 4.90 Å². The number of nitrogens with zero attached hydrogens (tertiary/aromatic N) is 2. The summed E-state index contributed by atoms with van der Waals surface area (Å²) in [5.74, 6) is -0.00417. The molecule has 0 radical (unpaired) electrons. The number of hydrogen-bond acceptors (Lipinski definition) is 3. The van der Waals surface area contributed by atoms with E-state index in [4.69, 9.17) is 0 Å². The molecule has 90 valence electrons. The van der Waals surface area contributed by atoms with Crippen molar-refractivity contribution in [3.63, 3.8) is 0 Å². The smallest absolute Gasteiger partial charge is 0.269 e. The maximum absolute atomic E-state index is 12.2. The van der Waals surface area contributed by atoms with Crippen molar-refractivity contribution < 1.29 is 9.72 Å². The van der Waals surface area contributed by atoms with E-state index in [-0.39, 0.29) is 11.6 Å². The molecule has 5 nitrogen and oxygen atoms in total. The molecule has 0 saturated carbocycles. The van der Waals surface area contributed by atoms with Crippen LogP contribution in [-0.4, -0.2) is 17.9 Å². The van der Waals surface area contributed by atoms with Gasteiger partial charge in [-0.15, -0.1) is 0 Å². The Morgan fingerprint density at radius 3 is 2.65 bits per heavy atom. The average Bonchev–Trinajstić information content (AvgIpc) is 2.52. The van der Waals surface area contributed by atoms with Crippen molar-refractivity contribution in [1.29, 1.82) is 0 Å². The molecule has 1 heterocycles. The van der Waals surface area contributed by atoms with E-state index in [2.05, 4.69) is 0 Å². The highest BCUT2D eigenvalue weighted by Gasteiger charge is 2.45. The van der Waals surface area contributed by atoms with E-state index in [9.17, 15) is 14.9 Å². The van der Waals surface area contributed by atoms with Crippen LogP contribution in [0.25, 0.3) is 0 Å². The van der Waals surface area contributed by atoms with Gasteiger partial charge in [0.05, 0.1) is 10.3 Å².